The molecule has 0 spiro atoms. The van der Waals surface area contributed by atoms with Crippen molar-refractivity contribution < 1.29 is 13.7 Å². The molecule has 3 aromatic rings. The maximum absolute atomic E-state index is 13.7. The van der Waals surface area contributed by atoms with Gasteiger partial charge in [0.15, 0.2) is 5.13 Å². The van der Waals surface area contributed by atoms with Crippen LogP contribution >= 0.6 is 11.3 Å². The minimum atomic E-state index is -0.624. The molecule has 8 heteroatoms. The van der Waals surface area contributed by atoms with Gasteiger partial charge in [0.1, 0.15) is 11.6 Å². The number of halogens is 2. The van der Waals surface area contributed by atoms with Gasteiger partial charge in [0, 0.05) is 37.4 Å². The molecule has 0 unspecified atom stereocenters. The van der Waals surface area contributed by atoms with Gasteiger partial charge >= 0.3 is 0 Å². The van der Waals surface area contributed by atoms with Crippen LogP contribution in [0, 0.1) is 21.7 Å². The van der Waals surface area contributed by atoms with E-state index in [4.69, 9.17) is 0 Å². The van der Waals surface area contributed by atoms with E-state index in [-0.39, 0.29) is 12.2 Å². The van der Waals surface area contributed by atoms with Crippen LogP contribution in [-0.4, -0.2) is 17.0 Å². The van der Waals surface area contributed by atoms with Crippen molar-refractivity contribution in [3.05, 3.63) is 63.7 Å². The van der Waals surface area contributed by atoms with E-state index in [1.54, 1.807) is 18.0 Å². The fourth-order valence-corrected chi connectivity index (χ4v) is 3.11. The fraction of sp³-hybridized carbons (Fsp3) is 0.133. The van der Waals surface area contributed by atoms with E-state index in [2.05, 4.69) is 4.98 Å². The first kappa shape index (κ1) is 15.3. The predicted octanol–water partition coefficient (Wildman–Crippen LogP) is 4.12. The van der Waals surface area contributed by atoms with E-state index >= 15 is 0 Å². The number of hydrogen-bond donors (Lipinski definition) is 0. The highest BCUT2D eigenvalue weighted by molar-refractivity contribution is 7.22. The number of thiazole rings is 1. The summed E-state index contributed by atoms with van der Waals surface area (Å²) in [5.41, 5.74) is 0.987. The van der Waals surface area contributed by atoms with E-state index in [1.807, 2.05) is 0 Å². The highest BCUT2D eigenvalue weighted by Gasteiger charge is 2.14. The number of fused-ring (bicyclic) bond motifs is 1. The summed E-state index contributed by atoms with van der Waals surface area (Å²) >= 11 is 1.28. The number of aromatic nitrogens is 1. The third kappa shape index (κ3) is 3.11. The van der Waals surface area contributed by atoms with Gasteiger partial charge in [-0.25, -0.2) is 13.8 Å². The van der Waals surface area contributed by atoms with Crippen molar-refractivity contribution in [1.82, 2.24) is 4.98 Å². The van der Waals surface area contributed by atoms with E-state index in [1.165, 1.54) is 35.6 Å². The molecule has 2 aromatic carbocycles. The lowest BCUT2D eigenvalue weighted by molar-refractivity contribution is -0.384. The zero-order valence-corrected chi connectivity index (χ0v) is 12.8. The van der Waals surface area contributed by atoms with Gasteiger partial charge in [0.25, 0.3) is 5.69 Å². The number of benzene rings is 2. The lowest BCUT2D eigenvalue weighted by Gasteiger charge is -2.16. The molecular weight excluding hydrogens is 324 g/mol. The van der Waals surface area contributed by atoms with Gasteiger partial charge in [-0.3, -0.25) is 10.1 Å². The average Bonchev–Trinajstić information content (AvgIpc) is 2.93. The van der Waals surface area contributed by atoms with Crippen LogP contribution in [0.2, 0.25) is 0 Å². The molecule has 0 saturated carbocycles. The number of anilines is 1. The number of nitrogens with zero attached hydrogens (tertiary/aromatic N) is 3. The van der Waals surface area contributed by atoms with E-state index < -0.39 is 16.6 Å². The molecule has 23 heavy (non-hydrogen) atoms. The maximum atomic E-state index is 13.7. The van der Waals surface area contributed by atoms with Gasteiger partial charge in [-0.05, 0) is 12.1 Å². The Balaban J connectivity index is 1.88. The Morgan fingerprint density at radius 2 is 2.04 bits per heavy atom. The molecule has 0 radical (unpaired) electrons. The number of non-ortho nitro benzene ring substituents is 1. The smallest absolute Gasteiger partial charge is 0.270 e. The molecule has 1 aromatic heterocycles. The molecule has 0 atom stereocenters. The monoisotopic (exact) mass is 335 g/mol. The van der Waals surface area contributed by atoms with E-state index in [9.17, 15) is 18.9 Å². The molecule has 0 aliphatic rings. The summed E-state index contributed by atoms with van der Waals surface area (Å²) < 4.78 is 27.3. The van der Waals surface area contributed by atoms with Crippen molar-refractivity contribution in [3.63, 3.8) is 0 Å². The molecule has 0 fully saturated rings. The molecule has 1 heterocycles. The van der Waals surface area contributed by atoms with Crippen LogP contribution < -0.4 is 4.90 Å². The largest absolute Gasteiger partial charge is 0.347 e. The summed E-state index contributed by atoms with van der Waals surface area (Å²) in [5.74, 6) is -1.24. The Bertz CT molecular complexity index is 898. The Hall–Kier alpha value is -2.61. The Morgan fingerprint density at radius 1 is 1.26 bits per heavy atom. The second-order valence-corrected chi connectivity index (χ2v) is 6.01. The van der Waals surface area contributed by atoms with E-state index in [0.29, 0.717) is 20.9 Å². The number of hydrogen-bond acceptors (Lipinski definition) is 5. The maximum Gasteiger partial charge on any atom is 0.270 e. The van der Waals surface area contributed by atoms with E-state index in [0.717, 1.165) is 6.07 Å². The lowest BCUT2D eigenvalue weighted by Crippen LogP contribution is -2.17. The molecule has 0 saturated heterocycles. The summed E-state index contributed by atoms with van der Waals surface area (Å²) in [5, 5.41) is 11.4. The minimum absolute atomic E-state index is 0.0000629. The Kier molecular flexibility index (Phi) is 3.91. The second kappa shape index (κ2) is 5.88. The molecule has 0 amide bonds. The molecule has 3 rings (SSSR count). The van der Waals surface area contributed by atoms with Crippen molar-refractivity contribution in [1.29, 1.82) is 0 Å². The number of nitro benzene ring substituents is 1. The van der Waals surface area contributed by atoms with Gasteiger partial charge < -0.3 is 4.90 Å². The standard InChI is InChI=1S/C15H11F2N3O2S/c1-19(8-9-2-3-10(16)6-12(9)17)15-18-13-5-4-11(20(21)22)7-14(13)23-15/h2-7H,8H2,1H3. The van der Waals surface area contributed by atoms with Crippen molar-refractivity contribution in [3.8, 4) is 0 Å². The molecular formula is C15H11F2N3O2S. The highest BCUT2D eigenvalue weighted by Crippen LogP contribution is 2.31. The summed E-state index contributed by atoms with van der Waals surface area (Å²) in [4.78, 5) is 16.4. The molecule has 5 nitrogen and oxygen atoms in total. The first-order valence-electron chi connectivity index (χ1n) is 6.64. The van der Waals surface area contributed by atoms with Gasteiger partial charge in [-0.15, -0.1) is 0 Å². The average molecular weight is 335 g/mol. The van der Waals surface area contributed by atoms with Gasteiger partial charge in [-0.1, -0.05) is 17.4 Å². The van der Waals surface area contributed by atoms with Crippen LogP contribution in [0.4, 0.5) is 19.6 Å². The van der Waals surface area contributed by atoms with Crippen molar-refractivity contribution in [2.75, 3.05) is 11.9 Å². The quantitative estimate of drug-likeness (QED) is 0.531. The third-order valence-electron chi connectivity index (χ3n) is 3.32. The van der Waals surface area contributed by atoms with Crippen LogP contribution in [0.25, 0.3) is 10.2 Å². The van der Waals surface area contributed by atoms with Crippen LogP contribution in [0.15, 0.2) is 36.4 Å². The first-order chi connectivity index (χ1) is 10.9. The van der Waals surface area contributed by atoms with Crippen LogP contribution in [0.1, 0.15) is 5.56 Å². The normalized spacial score (nSPS) is 10.9. The van der Waals surface area contributed by atoms with Crippen molar-refractivity contribution in [2.24, 2.45) is 0 Å². The van der Waals surface area contributed by atoms with Gasteiger partial charge in [-0.2, -0.15) is 0 Å². The third-order valence-corrected chi connectivity index (χ3v) is 4.45. The summed E-state index contributed by atoms with van der Waals surface area (Å²) in [6.07, 6.45) is 0. The number of nitro groups is 1. The lowest BCUT2D eigenvalue weighted by atomic mass is 10.2. The molecule has 0 aliphatic heterocycles. The second-order valence-electron chi connectivity index (χ2n) is 5.00. The highest BCUT2D eigenvalue weighted by atomic mass is 32.1. The topological polar surface area (TPSA) is 59.3 Å². The predicted molar refractivity (Wildman–Crippen MR) is 84.7 cm³/mol. The minimum Gasteiger partial charge on any atom is -0.347 e. The van der Waals surface area contributed by atoms with Crippen LogP contribution in [-0.2, 0) is 6.54 Å². The fourth-order valence-electron chi connectivity index (χ4n) is 2.15. The van der Waals surface area contributed by atoms with Crippen molar-refractivity contribution >= 4 is 32.4 Å². The Labute approximate surface area is 134 Å². The van der Waals surface area contributed by atoms with Gasteiger partial charge in [0.2, 0.25) is 0 Å². The first-order valence-corrected chi connectivity index (χ1v) is 7.46. The SMILES string of the molecule is CN(Cc1ccc(F)cc1F)c1nc2ccc([N+](=O)[O-])cc2s1. The summed E-state index contributed by atoms with van der Waals surface area (Å²) in [6, 6.07) is 7.87. The molecule has 0 bridgehead atoms. The Morgan fingerprint density at radius 3 is 2.74 bits per heavy atom. The zero-order valence-electron chi connectivity index (χ0n) is 12.0. The summed E-state index contributed by atoms with van der Waals surface area (Å²) in [7, 11) is 1.73. The number of rotatable bonds is 4. The summed E-state index contributed by atoms with van der Waals surface area (Å²) in [6.45, 7) is 0.216. The molecule has 118 valence electrons. The van der Waals surface area contributed by atoms with Gasteiger partial charge in [0.05, 0.1) is 15.1 Å². The molecule has 0 N–H and O–H groups in total. The van der Waals surface area contributed by atoms with Crippen molar-refractivity contribution in [2.45, 2.75) is 6.54 Å². The van der Waals surface area contributed by atoms with Crippen LogP contribution in [0.3, 0.4) is 0 Å². The molecule has 0 aliphatic carbocycles. The van der Waals surface area contributed by atoms with Crippen LogP contribution in [0.5, 0.6) is 0 Å². The zero-order chi connectivity index (χ0) is 16.6.